The van der Waals surface area contributed by atoms with E-state index in [-0.39, 0.29) is 6.29 Å². The number of ether oxygens (including phenoxy) is 2. The largest absolute Gasteiger partial charge is 0.464 e. The van der Waals surface area contributed by atoms with Crippen LogP contribution in [0.1, 0.15) is 6.92 Å². The second kappa shape index (κ2) is 3.93. The van der Waals surface area contributed by atoms with E-state index in [2.05, 4.69) is 4.98 Å². The minimum Gasteiger partial charge on any atom is -0.464 e. The summed E-state index contributed by atoms with van der Waals surface area (Å²) >= 11 is 0. The Balaban J connectivity index is 2.51. The quantitative estimate of drug-likeness (QED) is 0.616. The van der Waals surface area contributed by atoms with E-state index in [9.17, 15) is 0 Å². The molecule has 0 aromatic carbocycles. The number of methoxy groups -OCH3 is 1. The lowest BCUT2D eigenvalue weighted by molar-refractivity contribution is -0.0384. The van der Waals surface area contributed by atoms with Crippen molar-refractivity contribution in [3.05, 3.63) is 24.5 Å². The summed E-state index contributed by atoms with van der Waals surface area (Å²) in [5.41, 5.74) is 0. The fourth-order valence-corrected chi connectivity index (χ4v) is 0.657. The molecule has 0 aliphatic heterocycles. The molecule has 0 fully saturated rings. The van der Waals surface area contributed by atoms with Gasteiger partial charge in [0.15, 0.2) is 6.29 Å². The lowest BCUT2D eigenvalue weighted by atomic mass is 10.5. The maximum absolute atomic E-state index is 5.28. The molecule has 0 aliphatic carbocycles. The Morgan fingerprint density at radius 1 is 1.55 bits per heavy atom. The number of rotatable bonds is 3. The molecular weight excluding hydrogens is 142 g/mol. The highest BCUT2D eigenvalue weighted by Gasteiger charge is 1.98. The number of hydrogen-bond acceptors (Lipinski definition) is 3. The van der Waals surface area contributed by atoms with E-state index in [1.807, 2.05) is 19.1 Å². The fraction of sp³-hybridized carbons (Fsp3) is 0.375. The summed E-state index contributed by atoms with van der Waals surface area (Å²) in [6.07, 6.45) is 3.12. The van der Waals surface area contributed by atoms with E-state index < -0.39 is 0 Å². The van der Waals surface area contributed by atoms with Crippen LogP contribution in [0.25, 0.3) is 0 Å². The van der Waals surface area contributed by atoms with Crippen molar-refractivity contribution in [2.45, 2.75) is 13.2 Å². The maximum atomic E-state index is 5.28. The number of pyridine rings is 1. The Morgan fingerprint density at radius 3 is 2.91 bits per heavy atom. The summed E-state index contributed by atoms with van der Waals surface area (Å²) in [7, 11) is 1.60. The molecule has 0 aliphatic rings. The molecule has 0 radical (unpaired) electrons. The van der Waals surface area contributed by atoms with E-state index in [4.69, 9.17) is 9.47 Å². The molecule has 0 amide bonds. The molecule has 60 valence electrons. The number of hydrogen-bond donors (Lipinski definition) is 0. The highest BCUT2D eigenvalue weighted by atomic mass is 16.7. The Kier molecular flexibility index (Phi) is 2.86. The van der Waals surface area contributed by atoms with Crippen molar-refractivity contribution in [1.82, 2.24) is 4.98 Å². The van der Waals surface area contributed by atoms with Crippen LogP contribution in [0.2, 0.25) is 0 Å². The first-order valence-electron chi connectivity index (χ1n) is 3.42. The van der Waals surface area contributed by atoms with E-state index in [1.54, 1.807) is 19.5 Å². The highest BCUT2D eigenvalue weighted by Crippen LogP contribution is 2.08. The number of nitrogens with zero attached hydrogens (tertiary/aromatic N) is 1. The van der Waals surface area contributed by atoms with Crippen molar-refractivity contribution in [2.75, 3.05) is 7.11 Å². The van der Waals surface area contributed by atoms with Gasteiger partial charge in [-0.15, -0.1) is 0 Å². The first-order chi connectivity index (χ1) is 5.33. The van der Waals surface area contributed by atoms with E-state index in [1.165, 1.54) is 0 Å². The fourth-order valence-electron chi connectivity index (χ4n) is 0.657. The van der Waals surface area contributed by atoms with Crippen molar-refractivity contribution >= 4 is 0 Å². The average molecular weight is 153 g/mol. The average Bonchev–Trinajstić information content (AvgIpc) is 2.06. The predicted octanol–water partition coefficient (Wildman–Crippen LogP) is 1.45. The molecule has 11 heavy (non-hydrogen) atoms. The molecule has 3 heteroatoms. The third kappa shape index (κ3) is 2.55. The second-order valence-electron chi connectivity index (χ2n) is 2.11. The minimum atomic E-state index is -0.223. The zero-order valence-electron chi connectivity index (χ0n) is 6.65. The topological polar surface area (TPSA) is 31.4 Å². The molecule has 0 saturated carbocycles. The number of aromatic nitrogens is 1. The van der Waals surface area contributed by atoms with Crippen LogP contribution >= 0.6 is 0 Å². The van der Waals surface area contributed by atoms with Crippen LogP contribution in [-0.4, -0.2) is 18.4 Å². The van der Waals surface area contributed by atoms with Crippen molar-refractivity contribution in [3.8, 4) is 5.75 Å². The van der Waals surface area contributed by atoms with Crippen LogP contribution in [0.5, 0.6) is 5.75 Å². The normalized spacial score (nSPS) is 12.5. The highest BCUT2D eigenvalue weighted by molar-refractivity contribution is 5.15. The lowest BCUT2D eigenvalue weighted by Crippen LogP contribution is -2.13. The van der Waals surface area contributed by atoms with Gasteiger partial charge in [-0.1, -0.05) is 0 Å². The molecule has 1 unspecified atom stereocenters. The summed E-state index contributed by atoms with van der Waals surface area (Å²) in [6, 6.07) is 3.65. The van der Waals surface area contributed by atoms with Crippen molar-refractivity contribution in [2.24, 2.45) is 0 Å². The van der Waals surface area contributed by atoms with E-state index >= 15 is 0 Å². The van der Waals surface area contributed by atoms with Gasteiger partial charge in [-0.25, -0.2) is 0 Å². The molecule has 1 atom stereocenters. The molecule has 3 nitrogen and oxygen atoms in total. The monoisotopic (exact) mass is 153 g/mol. The zero-order chi connectivity index (χ0) is 8.10. The van der Waals surface area contributed by atoms with Gasteiger partial charge in [0.2, 0.25) is 0 Å². The molecule has 1 aromatic heterocycles. The summed E-state index contributed by atoms with van der Waals surface area (Å²) in [5, 5.41) is 0. The third-order valence-electron chi connectivity index (χ3n) is 1.27. The van der Waals surface area contributed by atoms with Gasteiger partial charge >= 0.3 is 0 Å². The smallest absolute Gasteiger partial charge is 0.196 e. The maximum Gasteiger partial charge on any atom is 0.196 e. The Hall–Kier alpha value is -1.09. The van der Waals surface area contributed by atoms with Crippen LogP contribution in [0.3, 0.4) is 0 Å². The van der Waals surface area contributed by atoms with Gasteiger partial charge in [0.25, 0.3) is 0 Å². The minimum absolute atomic E-state index is 0.223. The van der Waals surface area contributed by atoms with Crippen LogP contribution < -0.4 is 4.74 Å². The van der Waals surface area contributed by atoms with Gasteiger partial charge in [-0.2, -0.15) is 0 Å². The van der Waals surface area contributed by atoms with Gasteiger partial charge in [-0.05, 0) is 19.1 Å². The molecule has 1 heterocycles. The third-order valence-corrected chi connectivity index (χ3v) is 1.27. The van der Waals surface area contributed by atoms with Crippen LogP contribution in [0.4, 0.5) is 0 Å². The van der Waals surface area contributed by atoms with Gasteiger partial charge in [0.05, 0.1) is 6.20 Å². The first kappa shape index (κ1) is 8.01. The van der Waals surface area contributed by atoms with Gasteiger partial charge < -0.3 is 9.47 Å². The van der Waals surface area contributed by atoms with Gasteiger partial charge in [-0.3, -0.25) is 4.98 Å². The Morgan fingerprint density at radius 2 is 2.36 bits per heavy atom. The van der Waals surface area contributed by atoms with E-state index in [0.29, 0.717) is 0 Å². The summed E-state index contributed by atoms with van der Waals surface area (Å²) in [5.74, 6) is 0.724. The molecule has 0 N–H and O–H groups in total. The van der Waals surface area contributed by atoms with Crippen LogP contribution in [-0.2, 0) is 4.74 Å². The standard InChI is InChI=1S/C8H11NO2/c1-7(10-2)11-8-4-3-5-9-6-8/h3-7H,1-2H3. The molecule has 0 bridgehead atoms. The molecule has 1 rings (SSSR count). The second-order valence-corrected chi connectivity index (χ2v) is 2.11. The molecule has 0 saturated heterocycles. The Labute approximate surface area is 66.0 Å². The molecule has 0 spiro atoms. The van der Waals surface area contributed by atoms with E-state index in [0.717, 1.165) is 5.75 Å². The van der Waals surface area contributed by atoms with Crippen LogP contribution in [0, 0.1) is 0 Å². The Bertz CT molecular complexity index is 201. The predicted molar refractivity (Wildman–Crippen MR) is 41.3 cm³/mol. The summed E-state index contributed by atoms with van der Waals surface area (Å²) in [4.78, 5) is 3.89. The first-order valence-corrected chi connectivity index (χ1v) is 3.42. The van der Waals surface area contributed by atoms with Gasteiger partial charge in [0.1, 0.15) is 5.75 Å². The van der Waals surface area contributed by atoms with Crippen molar-refractivity contribution in [3.63, 3.8) is 0 Å². The lowest BCUT2D eigenvalue weighted by Gasteiger charge is -2.11. The molecular formula is C8H11NO2. The summed E-state index contributed by atoms with van der Waals surface area (Å²) in [6.45, 7) is 1.83. The summed E-state index contributed by atoms with van der Waals surface area (Å²) < 4.78 is 10.2. The molecule has 1 aromatic rings. The van der Waals surface area contributed by atoms with Gasteiger partial charge in [0, 0.05) is 13.3 Å². The van der Waals surface area contributed by atoms with Crippen LogP contribution in [0.15, 0.2) is 24.5 Å². The SMILES string of the molecule is COC(C)Oc1cccnc1. The zero-order valence-corrected chi connectivity index (χ0v) is 6.65. The van der Waals surface area contributed by atoms with Crippen molar-refractivity contribution in [1.29, 1.82) is 0 Å². The van der Waals surface area contributed by atoms with Crippen molar-refractivity contribution < 1.29 is 9.47 Å².